The standard InChI is InChI=1S/C7H7Cl2N3.C2H2N2/c8-4-2-1-3-5(6(4)9)12-7(10)11;3-1-2-4/h1-3H,(H4,10,11,12);1,3H. The van der Waals surface area contributed by atoms with E-state index in [2.05, 4.69) is 4.99 Å². The molecule has 0 aliphatic rings. The third kappa shape index (κ3) is 5.20. The van der Waals surface area contributed by atoms with Crippen LogP contribution in [0.4, 0.5) is 5.69 Å². The fourth-order valence-corrected chi connectivity index (χ4v) is 1.06. The molecule has 84 valence electrons. The van der Waals surface area contributed by atoms with Crippen molar-refractivity contribution in [2.24, 2.45) is 16.5 Å². The lowest BCUT2D eigenvalue weighted by atomic mass is 10.3. The molecule has 0 bridgehead atoms. The Morgan fingerprint density at radius 1 is 1.44 bits per heavy atom. The Hall–Kier alpha value is -1.77. The molecule has 7 heteroatoms. The van der Waals surface area contributed by atoms with Crippen LogP contribution in [0.1, 0.15) is 0 Å². The zero-order chi connectivity index (χ0) is 12.6. The van der Waals surface area contributed by atoms with Gasteiger partial charge in [0.05, 0.1) is 21.9 Å². The van der Waals surface area contributed by atoms with Crippen molar-refractivity contribution in [3.8, 4) is 6.07 Å². The summed E-state index contributed by atoms with van der Waals surface area (Å²) in [5.41, 5.74) is 10.8. The van der Waals surface area contributed by atoms with Gasteiger partial charge >= 0.3 is 0 Å². The molecule has 0 aliphatic carbocycles. The van der Waals surface area contributed by atoms with Crippen LogP contribution < -0.4 is 11.5 Å². The highest BCUT2D eigenvalue weighted by molar-refractivity contribution is 6.43. The second-order valence-electron chi connectivity index (χ2n) is 2.38. The van der Waals surface area contributed by atoms with Gasteiger partial charge in [-0.2, -0.15) is 5.26 Å². The first-order valence-electron chi connectivity index (χ1n) is 3.95. The van der Waals surface area contributed by atoms with Crippen LogP contribution in [0.15, 0.2) is 23.2 Å². The molecule has 0 fully saturated rings. The Bertz CT molecular complexity index is 432. The van der Waals surface area contributed by atoms with Gasteiger partial charge in [0.25, 0.3) is 0 Å². The van der Waals surface area contributed by atoms with Gasteiger partial charge in [0, 0.05) is 0 Å². The maximum Gasteiger partial charge on any atom is 0.191 e. The molecule has 1 rings (SSSR count). The molecule has 5 nitrogen and oxygen atoms in total. The fourth-order valence-electron chi connectivity index (χ4n) is 0.718. The number of nitrogens with zero attached hydrogens (tertiary/aromatic N) is 2. The Morgan fingerprint density at radius 2 is 2.00 bits per heavy atom. The van der Waals surface area contributed by atoms with Crippen molar-refractivity contribution in [3.05, 3.63) is 28.2 Å². The minimum absolute atomic E-state index is 0.0424. The van der Waals surface area contributed by atoms with E-state index < -0.39 is 0 Å². The molecule has 0 aromatic heterocycles. The van der Waals surface area contributed by atoms with Gasteiger partial charge in [-0.15, -0.1) is 0 Å². The van der Waals surface area contributed by atoms with Crippen LogP contribution >= 0.6 is 23.2 Å². The molecule has 0 aliphatic heterocycles. The molecule has 0 saturated heterocycles. The highest BCUT2D eigenvalue weighted by Crippen LogP contribution is 2.31. The summed E-state index contributed by atoms with van der Waals surface area (Å²) in [5, 5.41) is 14.1. The number of benzene rings is 1. The normalized spacial score (nSPS) is 8.06. The molecule has 0 radical (unpaired) electrons. The minimum atomic E-state index is -0.0424. The molecule has 0 spiro atoms. The van der Waals surface area contributed by atoms with Crippen LogP contribution in [0.25, 0.3) is 0 Å². The van der Waals surface area contributed by atoms with E-state index in [4.69, 9.17) is 45.3 Å². The Kier molecular flexibility index (Phi) is 6.68. The molecule has 1 aromatic carbocycles. The highest BCUT2D eigenvalue weighted by Gasteiger charge is 2.01. The van der Waals surface area contributed by atoms with E-state index in [1.165, 1.54) is 6.07 Å². The van der Waals surface area contributed by atoms with Crippen molar-refractivity contribution in [2.45, 2.75) is 0 Å². The van der Waals surface area contributed by atoms with Gasteiger partial charge in [-0.25, -0.2) is 4.99 Å². The summed E-state index contributed by atoms with van der Waals surface area (Å²) >= 11 is 11.5. The number of nitrogens with two attached hydrogens (primary N) is 2. The van der Waals surface area contributed by atoms with Crippen LogP contribution in [0.3, 0.4) is 0 Å². The second kappa shape index (κ2) is 7.51. The zero-order valence-corrected chi connectivity index (χ0v) is 9.63. The van der Waals surface area contributed by atoms with Gasteiger partial charge in [0.2, 0.25) is 0 Å². The van der Waals surface area contributed by atoms with E-state index in [1.807, 2.05) is 0 Å². The first kappa shape index (κ1) is 14.2. The maximum atomic E-state index is 7.38. The molecular weight excluding hydrogens is 249 g/mol. The van der Waals surface area contributed by atoms with Crippen molar-refractivity contribution in [1.29, 1.82) is 10.7 Å². The van der Waals surface area contributed by atoms with Crippen LogP contribution in [-0.2, 0) is 0 Å². The quantitative estimate of drug-likeness (QED) is 0.529. The van der Waals surface area contributed by atoms with Gasteiger partial charge in [-0.1, -0.05) is 29.3 Å². The van der Waals surface area contributed by atoms with Gasteiger partial charge < -0.3 is 11.5 Å². The summed E-state index contributed by atoms with van der Waals surface area (Å²) in [6.07, 6.45) is 0.681. The maximum absolute atomic E-state index is 7.38. The molecule has 5 N–H and O–H groups in total. The fraction of sp³-hybridized carbons (Fsp3) is 0. The van der Waals surface area contributed by atoms with E-state index >= 15 is 0 Å². The van der Waals surface area contributed by atoms with Gasteiger partial charge in [-0.3, -0.25) is 5.41 Å². The number of aliphatic imine (C=N–C) groups is 1. The van der Waals surface area contributed by atoms with Crippen LogP contribution in [-0.4, -0.2) is 12.2 Å². The summed E-state index contributed by atoms with van der Waals surface area (Å²) in [6.45, 7) is 0. The lowest BCUT2D eigenvalue weighted by molar-refractivity contribution is 1.42. The Balaban J connectivity index is 0.000000487. The van der Waals surface area contributed by atoms with Gasteiger partial charge in [0.1, 0.15) is 6.07 Å². The smallest absolute Gasteiger partial charge is 0.191 e. The molecule has 0 heterocycles. The van der Waals surface area contributed by atoms with Crippen molar-refractivity contribution in [2.75, 3.05) is 0 Å². The number of nitrogens with one attached hydrogen (secondary N) is 1. The van der Waals surface area contributed by atoms with E-state index in [1.54, 1.807) is 18.2 Å². The monoisotopic (exact) mass is 257 g/mol. The molecule has 0 atom stereocenters. The average Bonchev–Trinajstić information content (AvgIpc) is 2.25. The topological polar surface area (TPSA) is 112 Å². The highest BCUT2D eigenvalue weighted by atomic mass is 35.5. The molecule has 0 unspecified atom stereocenters. The largest absolute Gasteiger partial charge is 0.370 e. The van der Waals surface area contributed by atoms with Gasteiger partial charge in [-0.05, 0) is 12.1 Å². The van der Waals surface area contributed by atoms with Crippen molar-refractivity contribution in [1.82, 2.24) is 0 Å². The zero-order valence-electron chi connectivity index (χ0n) is 8.11. The molecule has 16 heavy (non-hydrogen) atoms. The first-order chi connectivity index (χ1) is 7.52. The summed E-state index contributed by atoms with van der Waals surface area (Å²) < 4.78 is 0. The minimum Gasteiger partial charge on any atom is -0.370 e. The first-order valence-corrected chi connectivity index (χ1v) is 4.70. The predicted octanol–water partition coefficient (Wildman–Crippen LogP) is 2.06. The number of rotatable bonds is 1. The molecule has 1 aromatic rings. The summed E-state index contributed by atoms with van der Waals surface area (Å²) in [4.78, 5) is 3.78. The van der Waals surface area contributed by atoms with E-state index in [0.29, 0.717) is 21.9 Å². The SMILES string of the molecule is N#CC=N.NC(N)=Nc1cccc(Cl)c1Cl. The Labute approximate surface area is 103 Å². The van der Waals surface area contributed by atoms with E-state index in [0.717, 1.165) is 0 Å². The van der Waals surface area contributed by atoms with E-state index in [-0.39, 0.29) is 5.96 Å². The number of guanidine groups is 1. The third-order valence-electron chi connectivity index (χ3n) is 1.25. The van der Waals surface area contributed by atoms with Crippen LogP contribution in [0.2, 0.25) is 10.0 Å². The van der Waals surface area contributed by atoms with Crippen molar-refractivity contribution in [3.63, 3.8) is 0 Å². The third-order valence-corrected chi connectivity index (χ3v) is 2.05. The van der Waals surface area contributed by atoms with Crippen molar-refractivity contribution < 1.29 is 0 Å². The average molecular weight is 258 g/mol. The molecular formula is C9H9Cl2N5. The van der Waals surface area contributed by atoms with Gasteiger partial charge in [0.15, 0.2) is 5.96 Å². The van der Waals surface area contributed by atoms with Crippen molar-refractivity contribution >= 4 is 41.1 Å². The predicted molar refractivity (Wildman–Crippen MR) is 66.3 cm³/mol. The number of halogens is 2. The lowest BCUT2D eigenvalue weighted by Crippen LogP contribution is -2.21. The molecule has 0 saturated carbocycles. The van der Waals surface area contributed by atoms with E-state index in [9.17, 15) is 0 Å². The second-order valence-corrected chi connectivity index (χ2v) is 3.17. The number of hydrogen-bond acceptors (Lipinski definition) is 3. The lowest BCUT2D eigenvalue weighted by Gasteiger charge is -1.99. The summed E-state index contributed by atoms with van der Waals surface area (Å²) in [5.74, 6) is -0.0424. The number of nitriles is 1. The number of hydrogen-bond donors (Lipinski definition) is 3. The molecule has 0 amide bonds. The summed E-state index contributed by atoms with van der Waals surface area (Å²) in [7, 11) is 0. The summed E-state index contributed by atoms with van der Waals surface area (Å²) in [6, 6.07) is 6.53. The Morgan fingerprint density at radius 3 is 2.44 bits per heavy atom. The van der Waals surface area contributed by atoms with Crippen LogP contribution in [0.5, 0.6) is 0 Å². The van der Waals surface area contributed by atoms with Crippen LogP contribution in [0, 0.1) is 16.7 Å².